The lowest BCUT2D eigenvalue weighted by Crippen LogP contribution is -2.46. The molecule has 8 heteroatoms. The molecular formula is C25H29N3O4S. The molecule has 0 N–H and O–H groups in total. The zero-order chi connectivity index (χ0) is 23.6. The van der Waals surface area contributed by atoms with Gasteiger partial charge in [-0.25, -0.2) is 8.42 Å². The Morgan fingerprint density at radius 2 is 1.79 bits per heavy atom. The normalized spacial score (nSPS) is 17.1. The molecular weight excluding hydrogens is 438 g/mol. The number of anilines is 1. The number of piperidine rings is 1. The predicted octanol–water partition coefficient (Wildman–Crippen LogP) is 4.23. The highest BCUT2D eigenvalue weighted by atomic mass is 32.2. The van der Waals surface area contributed by atoms with E-state index in [-0.39, 0.29) is 23.1 Å². The van der Waals surface area contributed by atoms with E-state index in [1.165, 1.54) is 4.31 Å². The van der Waals surface area contributed by atoms with Crippen molar-refractivity contribution in [2.45, 2.75) is 45.1 Å². The fourth-order valence-electron chi connectivity index (χ4n) is 4.34. The quantitative estimate of drug-likeness (QED) is 0.542. The highest BCUT2D eigenvalue weighted by Crippen LogP contribution is 2.30. The number of nitrogens with zero attached hydrogens (tertiary/aromatic N) is 3. The van der Waals surface area contributed by atoms with E-state index in [0.717, 1.165) is 16.8 Å². The average molecular weight is 468 g/mol. The van der Waals surface area contributed by atoms with E-state index in [4.69, 9.17) is 4.52 Å². The first-order valence-electron chi connectivity index (χ1n) is 11.1. The second-order valence-corrected chi connectivity index (χ2v) is 10.5. The number of aryl methyl sites for hydroxylation is 3. The summed E-state index contributed by atoms with van der Waals surface area (Å²) in [5.74, 6) is -0.230. The van der Waals surface area contributed by atoms with Gasteiger partial charge < -0.3 is 9.42 Å². The van der Waals surface area contributed by atoms with Crippen LogP contribution in [-0.2, 0) is 21.4 Å². The van der Waals surface area contributed by atoms with Gasteiger partial charge in [0.25, 0.3) is 0 Å². The van der Waals surface area contributed by atoms with Crippen molar-refractivity contribution in [2.24, 2.45) is 5.92 Å². The number of amides is 1. The monoisotopic (exact) mass is 467 g/mol. The Bertz CT molecular complexity index is 1200. The van der Waals surface area contributed by atoms with Gasteiger partial charge in [0.2, 0.25) is 15.9 Å². The van der Waals surface area contributed by atoms with Crippen LogP contribution in [0.25, 0.3) is 0 Å². The lowest BCUT2D eigenvalue weighted by molar-refractivity contribution is -0.123. The molecule has 3 aromatic rings. The summed E-state index contributed by atoms with van der Waals surface area (Å²) in [4.78, 5) is 15.6. The van der Waals surface area contributed by atoms with Gasteiger partial charge in [-0.2, -0.15) is 4.31 Å². The maximum atomic E-state index is 13.8. The maximum Gasteiger partial charge on any atom is 0.248 e. The van der Waals surface area contributed by atoms with E-state index in [2.05, 4.69) is 5.16 Å². The van der Waals surface area contributed by atoms with Gasteiger partial charge in [-0.1, -0.05) is 53.2 Å². The lowest BCUT2D eigenvalue weighted by atomic mass is 9.97. The van der Waals surface area contributed by atoms with Crippen LogP contribution in [0, 0.1) is 26.7 Å². The summed E-state index contributed by atoms with van der Waals surface area (Å²) in [6.45, 7) is 6.16. The minimum Gasteiger partial charge on any atom is -0.360 e. The average Bonchev–Trinajstić information content (AvgIpc) is 3.17. The molecule has 1 aliphatic heterocycles. The van der Waals surface area contributed by atoms with E-state index in [9.17, 15) is 13.2 Å². The van der Waals surface area contributed by atoms with Crippen LogP contribution >= 0.6 is 0 Å². The number of hydrogen-bond donors (Lipinski definition) is 0. The Balaban J connectivity index is 1.61. The number of aromatic nitrogens is 1. The van der Waals surface area contributed by atoms with Gasteiger partial charge in [0.1, 0.15) is 10.6 Å². The summed E-state index contributed by atoms with van der Waals surface area (Å²) < 4.78 is 33.1. The molecule has 2 heterocycles. The van der Waals surface area contributed by atoms with Crippen molar-refractivity contribution in [1.82, 2.24) is 9.46 Å². The number of rotatable bonds is 6. The minimum absolute atomic E-state index is 0.0682. The fourth-order valence-corrected chi connectivity index (χ4v) is 6.16. The molecule has 1 saturated heterocycles. The third-order valence-electron chi connectivity index (χ3n) is 6.09. The molecule has 0 radical (unpaired) electrons. The van der Waals surface area contributed by atoms with Crippen LogP contribution in [0.5, 0.6) is 0 Å². The van der Waals surface area contributed by atoms with Crippen LogP contribution in [0.1, 0.15) is 35.4 Å². The molecule has 1 atom stereocenters. The predicted molar refractivity (Wildman–Crippen MR) is 126 cm³/mol. The van der Waals surface area contributed by atoms with E-state index in [0.29, 0.717) is 31.6 Å². The van der Waals surface area contributed by atoms with Crippen LogP contribution in [0.4, 0.5) is 5.69 Å². The Hall–Kier alpha value is -2.97. The second-order valence-electron chi connectivity index (χ2n) is 8.60. The highest BCUT2D eigenvalue weighted by Gasteiger charge is 2.38. The highest BCUT2D eigenvalue weighted by molar-refractivity contribution is 7.89. The number of hydrogen-bond acceptors (Lipinski definition) is 5. The number of benzene rings is 2. The van der Waals surface area contributed by atoms with Crippen molar-refractivity contribution in [3.63, 3.8) is 0 Å². The zero-order valence-electron chi connectivity index (χ0n) is 19.2. The summed E-state index contributed by atoms with van der Waals surface area (Å²) in [5.41, 5.74) is 3.27. The molecule has 4 rings (SSSR count). The number of carbonyl (C=O) groups is 1. The van der Waals surface area contributed by atoms with Crippen molar-refractivity contribution in [1.29, 1.82) is 0 Å². The summed E-state index contributed by atoms with van der Waals surface area (Å²) >= 11 is 0. The molecule has 174 valence electrons. The van der Waals surface area contributed by atoms with Crippen molar-refractivity contribution < 1.29 is 17.7 Å². The summed E-state index contributed by atoms with van der Waals surface area (Å²) in [6, 6.07) is 17.7. The molecule has 1 aromatic heterocycles. The van der Waals surface area contributed by atoms with Gasteiger partial charge in [-0.05, 0) is 51.3 Å². The third-order valence-corrected chi connectivity index (χ3v) is 8.20. The largest absolute Gasteiger partial charge is 0.360 e. The van der Waals surface area contributed by atoms with E-state index in [1.807, 2.05) is 61.5 Å². The Kier molecular flexibility index (Phi) is 6.67. The molecule has 2 aromatic carbocycles. The first kappa shape index (κ1) is 23.2. The molecule has 0 spiro atoms. The zero-order valence-corrected chi connectivity index (χ0v) is 20.0. The van der Waals surface area contributed by atoms with E-state index in [1.54, 1.807) is 18.7 Å². The van der Waals surface area contributed by atoms with Crippen molar-refractivity contribution in [3.05, 3.63) is 77.2 Å². The molecule has 1 amide bonds. The van der Waals surface area contributed by atoms with Crippen LogP contribution in [-0.4, -0.2) is 36.9 Å². The molecule has 0 aliphatic carbocycles. The molecule has 1 aliphatic rings. The molecule has 7 nitrogen and oxygen atoms in total. The molecule has 33 heavy (non-hydrogen) atoms. The smallest absolute Gasteiger partial charge is 0.248 e. The fraction of sp³-hybridized carbons (Fsp3) is 0.360. The molecule has 0 saturated carbocycles. The van der Waals surface area contributed by atoms with Crippen molar-refractivity contribution in [3.8, 4) is 0 Å². The van der Waals surface area contributed by atoms with E-state index >= 15 is 0 Å². The Morgan fingerprint density at radius 1 is 1.09 bits per heavy atom. The first-order chi connectivity index (χ1) is 15.8. The van der Waals surface area contributed by atoms with Gasteiger partial charge in [-0.15, -0.1) is 0 Å². The number of sulfonamides is 1. The standard InChI is InChI=1S/C25H29N3O4S/c1-18-11-13-23(14-12-18)28(16-21-8-5-4-6-9-21)25(29)22-10-7-15-27(17-22)33(30,31)24-19(2)26-32-20(24)3/h4-6,8-9,11-14,22H,7,10,15-17H2,1-3H3. The number of carbonyl (C=O) groups excluding carboxylic acids is 1. The topological polar surface area (TPSA) is 83.7 Å². The van der Waals surface area contributed by atoms with Crippen LogP contribution < -0.4 is 4.90 Å². The Labute approximate surface area is 195 Å². The summed E-state index contributed by atoms with van der Waals surface area (Å²) in [6.07, 6.45) is 1.26. The molecule has 1 unspecified atom stereocenters. The Morgan fingerprint density at radius 3 is 2.42 bits per heavy atom. The second kappa shape index (κ2) is 9.49. The van der Waals surface area contributed by atoms with Crippen molar-refractivity contribution >= 4 is 21.6 Å². The van der Waals surface area contributed by atoms with Gasteiger partial charge in [0.15, 0.2) is 5.76 Å². The van der Waals surface area contributed by atoms with Gasteiger partial charge in [0.05, 0.1) is 12.5 Å². The lowest BCUT2D eigenvalue weighted by Gasteiger charge is -2.34. The van der Waals surface area contributed by atoms with Gasteiger partial charge in [0, 0.05) is 18.8 Å². The minimum atomic E-state index is -3.79. The van der Waals surface area contributed by atoms with Gasteiger partial charge in [-0.3, -0.25) is 4.79 Å². The van der Waals surface area contributed by atoms with Crippen LogP contribution in [0.15, 0.2) is 64.0 Å². The van der Waals surface area contributed by atoms with Crippen molar-refractivity contribution in [2.75, 3.05) is 18.0 Å². The molecule has 0 bridgehead atoms. The van der Waals surface area contributed by atoms with Crippen LogP contribution in [0.3, 0.4) is 0 Å². The van der Waals surface area contributed by atoms with Gasteiger partial charge >= 0.3 is 0 Å². The maximum absolute atomic E-state index is 13.8. The SMILES string of the molecule is Cc1ccc(N(Cc2ccccc2)C(=O)C2CCCN(S(=O)(=O)c3c(C)noc3C)C2)cc1. The third kappa shape index (κ3) is 4.86. The van der Waals surface area contributed by atoms with E-state index < -0.39 is 15.9 Å². The summed E-state index contributed by atoms with van der Waals surface area (Å²) in [7, 11) is -3.79. The van der Waals surface area contributed by atoms with Crippen LogP contribution in [0.2, 0.25) is 0 Å². The first-order valence-corrected chi connectivity index (χ1v) is 12.6. The molecule has 1 fully saturated rings. The summed E-state index contributed by atoms with van der Waals surface area (Å²) in [5, 5.41) is 3.80.